The predicted molar refractivity (Wildman–Crippen MR) is 80.2 cm³/mol. The molecule has 4 nitrogen and oxygen atoms in total. The highest BCUT2D eigenvalue weighted by Gasteiger charge is 2.16. The molecular weight excluding hydrogens is 268 g/mol. The van der Waals surface area contributed by atoms with Crippen LogP contribution in [0.4, 0.5) is 0 Å². The summed E-state index contributed by atoms with van der Waals surface area (Å²) in [5, 5.41) is 19.8. The maximum Gasteiger partial charge on any atom is 0.163 e. The van der Waals surface area contributed by atoms with Gasteiger partial charge in [-0.2, -0.15) is 0 Å². The van der Waals surface area contributed by atoms with Crippen molar-refractivity contribution < 1.29 is 19.7 Å². The third-order valence-electron chi connectivity index (χ3n) is 3.51. The van der Waals surface area contributed by atoms with E-state index in [0.717, 1.165) is 0 Å². The van der Waals surface area contributed by atoms with Gasteiger partial charge in [-0.3, -0.25) is 4.79 Å². The molecule has 0 amide bonds. The fourth-order valence-corrected chi connectivity index (χ4v) is 2.21. The maximum absolute atomic E-state index is 12.1. The van der Waals surface area contributed by atoms with Gasteiger partial charge in [0.25, 0.3) is 0 Å². The highest BCUT2D eigenvalue weighted by Crippen LogP contribution is 2.38. The first-order valence-electron chi connectivity index (χ1n) is 6.71. The summed E-state index contributed by atoms with van der Waals surface area (Å²) in [6.45, 7) is 1.62. The third kappa shape index (κ3) is 3.16. The SMILES string of the molecule is COc1cc(O)c(C)c(O)c1CCC(=O)c1ccccc1. The van der Waals surface area contributed by atoms with E-state index < -0.39 is 0 Å². The molecule has 0 aliphatic rings. The van der Waals surface area contributed by atoms with Crippen molar-refractivity contribution in [3.63, 3.8) is 0 Å². The Labute approximate surface area is 123 Å². The second-order valence-corrected chi connectivity index (χ2v) is 4.84. The fraction of sp³-hybridized carbons (Fsp3) is 0.235. The Kier molecular flexibility index (Phi) is 4.48. The molecule has 0 spiro atoms. The minimum Gasteiger partial charge on any atom is -0.507 e. The van der Waals surface area contributed by atoms with Crippen molar-refractivity contribution in [1.82, 2.24) is 0 Å². The van der Waals surface area contributed by atoms with E-state index in [1.807, 2.05) is 18.2 Å². The lowest BCUT2D eigenvalue weighted by Crippen LogP contribution is -2.03. The zero-order valence-electron chi connectivity index (χ0n) is 12.1. The van der Waals surface area contributed by atoms with Crippen LogP contribution >= 0.6 is 0 Å². The van der Waals surface area contributed by atoms with Gasteiger partial charge in [-0.1, -0.05) is 30.3 Å². The number of hydrogen-bond acceptors (Lipinski definition) is 4. The average Bonchev–Trinajstić information content (AvgIpc) is 2.52. The Bertz CT molecular complexity index is 648. The summed E-state index contributed by atoms with van der Waals surface area (Å²) in [7, 11) is 1.46. The van der Waals surface area contributed by atoms with E-state index in [0.29, 0.717) is 28.9 Å². The molecule has 0 aliphatic carbocycles. The molecule has 0 atom stereocenters. The van der Waals surface area contributed by atoms with Gasteiger partial charge in [0.15, 0.2) is 5.78 Å². The molecule has 2 N–H and O–H groups in total. The van der Waals surface area contributed by atoms with Gasteiger partial charge in [-0.05, 0) is 13.3 Å². The standard InChI is InChI=1S/C17H18O4/c1-11-15(19)10-16(21-2)13(17(11)20)8-9-14(18)12-6-4-3-5-7-12/h3-7,10,19-20H,8-9H2,1-2H3. The number of carbonyl (C=O) groups excluding carboxylic acids is 1. The number of methoxy groups -OCH3 is 1. The molecule has 0 saturated heterocycles. The van der Waals surface area contributed by atoms with Crippen molar-refractivity contribution in [3.05, 3.63) is 53.1 Å². The van der Waals surface area contributed by atoms with Crippen LogP contribution in [0, 0.1) is 6.92 Å². The summed E-state index contributed by atoms with van der Waals surface area (Å²) < 4.78 is 5.17. The van der Waals surface area contributed by atoms with Crippen molar-refractivity contribution >= 4 is 5.78 Å². The van der Waals surface area contributed by atoms with Gasteiger partial charge in [-0.25, -0.2) is 0 Å². The lowest BCUT2D eigenvalue weighted by molar-refractivity contribution is 0.0982. The lowest BCUT2D eigenvalue weighted by atomic mass is 9.99. The molecule has 0 aromatic heterocycles. The molecule has 0 aliphatic heterocycles. The molecule has 0 heterocycles. The molecule has 0 bridgehead atoms. The number of rotatable bonds is 5. The second-order valence-electron chi connectivity index (χ2n) is 4.84. The van der Waals surface area contributed by atoms with Crippen LogP contribution in [-0.2, 0) is 6.42 Å². The van der Waals surface area contributed by atoms with Crippen molar-refractivity contribution in [2.24, 2.45) is 0 Å². The molecule has 0 unspecified atom stereocenters. The largest absolute Gasteiger partial charge is 0.507 e. The normalized spacial score (nSPS) is 10.4. The monoisotopic (exact) mass is 286 g/mol. The smallest absolute Gasteiger partial charge is 0.163 e. The van der Waals surface area contributed by atoms with Crippen molar-refractivity contribution in [2.45, 2.75) is 19.8 Å². The Morgan fingerprint density at radius 2 is 1.86 bits per heavy atom. The number of carbonyl (C=O) groups is 1. The molecule has 110 valence electrons. The van der Waals surface area contributed by atoms with Crippen LogP contribution in [0.3, 0.4) is 0 Å². The van der Waals surface area contributed by atoms with Crippen molar-refractivity contribution in [1.29, 1.82) is 0 Å². The number of phenols is 2. The first-order valence-corrected chi connectivity index (χ1v) is 6.71. The predicted octanol–water partition coefficient (Wildman–Crippen LogP) is 3.23. The third-order valence-corrected chi connectivity index (χ3v) is 3.51. The molecule has 0 fully saturated rings. The van der Waals surface area contributed by atoms with Gasteiger partial charge in [-0.15, -0.1) is 0 Å². The van der Waals surface area contributed by atoms with E-state index >= 15 is 0 Å². The van der Waals surface area contributed by atoms with Crippen LogP contribution in [0.1, 0.15) is 27.9 Å². The van der Waals surface area contributed by atoms with Crippen LogP contribution in [0.15, 0.2) is 36.4 Å². The molecule has 2 aromatic rings. The van der Waals surface area contributed by atoms with Gasteiger partial charge in [0.1, 0.15) is 17.2 Å². The van der Waals surface area contributed by atoms with Crippen LogP contribution in [0.25, 0.3) is 0 Å². The lowest BCUT2D eigenvalue weighted by Gasteiger charge is -2.13. The second kappa shape index (κ2) is 6.31. The summed E-state index contributed by atoms with van der Waals surface area (Å²) in [6, 6.07) is 10.5. The highest BCUT2D eigenvalue weighted by molar-refractivity contribution is 5.96. The summed E-state index contributed by atoms with van der Waals surface area (Å²) in [5.41, 5.74) is 1.57. The van der Waals surface area contributed by atoms with Crippen LogP contribution in [-0.4, -0.2) is 23.1 Å². The zero-order valence-corrected chi connectivity index (χ0v) is 12.1. The number of hydrogen-bond donors (Lipinski definition) is 2. The van der Waals surface area contributed by atoms with Gasteiger partial charge in [0.2, 0.25) is 0 Å². The fourth-order valence-electron chi connectivity index (χ4n) is 2.21. The molecule has 4 heteroatoms. The summed E-state index contributed by atoms with van der Waals surface area (Å²) in [4.78, 5) is 12.1. The Balaban J connectivity index is 2.20. The van der Waals surface area contributed by atoms with Crippen LogP contribution < -0.4 is 4.74 Å². The van der Waals surface area contributed by atoms with E-state index in [4.69, 9.17) is 4.74 Å². The van der Waals surface area contributed by atoms with E-state index in [1.54, 1.807) is 19.1 Å². The number of Topliss-reactive ketones (excluding diaryl/α,β-unsaturated/α-hetero) is 1. The molecule has 2 aromatic carbocycles. The van der Waals surface area contributed by atoms with E-state index in [9.17, 15) is 15.0 Å². The zero-order chi connectivity index (χ0) is 15.4. The Morgan fingerprint density at radius 1 is 1.19 bits per heavy atom. The number of aromatic hydroxyl groups is 2. The van der Waals surface area contributed by atoms with Crippen molar-refractivity contribution in [2.75, 3.05) is 7.11 Å². The maximum atomic E-state index is 12.1. The van der Waals surface area contributed by atoms with Crippen LogP contribution in [0.5, 0.6) is 17.2 Å². The van der Waals surface area contributed by atoms with E-state index in [-0.39, 0.29) is 23.7 Å². The summed E-state index contributed by atoms with van der Waals surface area (Å²) >= 11 is 0. The minimum atomic E-state index is -0.0255. The first kappa shape index (κ1) is 14.9. The average molecular weight is 286 g/mol. The Hall–Kier alpha value is -2.49. The van der Waals surface area contributed by atoms with Gasteiger partial charge < -0.3 is 14.9 Å². The number of benzene rings is 2. The number of ketones is 1. The summed E-state index contributed by atoms with van der Waals surface area (Å²) in [6.07, 6.45) is 0.613. The van der Waals surface area contributed by atoms with Gasteiger partial charge in [0.05, 0.1) is 7.11 Å². The van der Waals surface area contributed by atoms with E-state index in [2.05, 4.69) is 0 Å². The molecule has 2 rings (SSSR count). The van der Waals surface area contributed by atoms with Gasteiger partial charge >= 0.3 is 0 Å². The molecule has 0 saturated carbocycles. The molecule has 21 heavy (non-hydrogen) atoms. The quantitative estimate of drug-likeness (QED) is 0.828. The molecule has 0 radical (unpaired) electrons. The number of phenolic OH excluding ortho intramolecular Hbond substituents is 2. The van der Waals surface area contributed by atoms with Crippen LogP contribution in [0.2, 0.25) is 0 Å². The number of ether oxygens (including phenoxy) is 1. The first-order chi connectivity index (χ1) is 10.0. The topological polar surface area (TPSA) is 66.8 Å². The van der Waals surface area contributed by atoms with Gasteiger partial charge in [0, 0.05) is 29.2 Å². The summed E-state index contributed by atoms with van der Waals surface area (Å²) in [5.74, 6) is 0.342. The van der Waals surface area contributed by atoms with Crippen molar-refractivity contribution in [3.8, 4) is 17.2 Å². The minimum absolute atomic E-state index is 0.00258. The Morgan fingerprint density at radius 3 is 2.48 bits per heavy atom. The molecular formula is C17H18O4. The van der Waals surface area contributed by atoms with E-state index in [1.165, 1.54) is 13.2 Å². The highest BCUT2D eigenvalue weighted by atomic mass is 16.5.